The largest absolute Gasteiger partial charge is 0.462 e. The van der Waals surface area contributed by atoms with Crippen LogP contribution in [-0.4, -0.2) is 17.0 Å². The summed E-state index contributed by atoms with van der Waals surface area (Å²) in [5.74, 6) is 1.39. The highest BCUT2D eigenvalue weighted by Crippen LogP contribution is 2.52. The van der Waals surface area contributed by atoms with E-state index in [0.29, 0.717) is 11.3 Å². The number of aliphatic hydroxyl groups excluding tert-OH is 1. The lowest BCUT2D eigenvalue weighted by Crippen LogP contribution is -2.47. The van der Waals surface area contributed by atoms with Crippen LogP contribution < -0.4 is 0 Å². The Morgan fingerprint density at radius 1 is 1.45 bits per heavy atom. The first-order chi connectivity index (χ1) is 10.5. The lowest BCUT2D eigenvalue weighted by molar-refractivity contribution is -0.113. The van der Waals surface area contributed by atoms with Gasteiger partial charge >= 0.3 is 0 Å². The molecule has 0 unspecified atom stereocenters. The van der Waals surface area contributed by atoms with Gasteiger partial charge in [-0.15, -0.1) is 6.58 Å². The number of aliphatic hydroxyl groups is 1. The van der Waals surface area contributed by atoms with Crippen molar-refractivity contribution in [2.75, 3.05) is 0 Å². The molecular weight excluding hydrogens is 276 g/mol. The summed E-state index contributed by atoms with van der Waals surface area (Å²) in [5.41, 5.74) is 1.17. The van der Waals surface area contributed by atoms with Gasteiger partial charge in [0.15, 0.2) is 5.78 Å². The Morgan fingerprint density at radius 3 is 2.86 bits per heavy atom. The third-order valence-corrected chi connectivity index (χ3v) is 5.20. The minimum absolute atomic E-state index is 0.0168. The second-order valence-corrected chi connectivity index (χ2v) is 6.35. The number of allylic oxidation sites excluding steroid dienone is 2. The van der Waals surface area contributed by atoms with Crippen LogP contribution in [0.1, 0.15) is 37.7 Å². The predicted molar refractivity (Wildman–Crippen MR) is 86.2 cm³/mol. The molecule has 1 N–H and O–H groups in total. The van der Waals surface area contributed by atoms with E-state index < -0.39 is 11.5 Å². The van der Waals surface area contributed by atoms with E-state index in [1.165, 1.54) is 0 Å². The van der Waals surface area contributed by atoms with Crippen LogP contribution in [0.4, 0.5) is 0 Å². The molecule has 0 aromatic carbocycles. The van der Waals surface area contributed by atoms with Crippen LogP contribution in [0.15, 0.2) is 46.4 Å². The highest BCUT2D eigenvalue weighted by atomic mass is 16.3. The van der Waals surface area contributed by atoms with E-state index >= 15 is 0 Å². The quantitative estimate of drug-likeness (QED) is 0.667. The Labute approximate surface area is 131 Å². The molecule has 1 aromatic heterocycles. The van der Waals surface area contributed by atoms with Gasteiger partial charge in [0.25, 0.3) is 0 Å². The zero-order chi connectivity index (χ0) is 15.9. The number of carbonyl (C=O) groups is 1. The van der Waals surface area contributed by atoms with E-state index in [2.05, 4.69) is 6.58 Å². The molecule has 0 aliphatic heterocycles. The maximum Gasteiger partial charge on any atom is 0.182 e. The lowest BCUT2D eigenvalue weighted by atomic mass is 9.56. The van der Waals surface area contributed by atoms with Crippen molar-refractivity contribution >= 4 is 11.9 Å². The lowest BCUT2D eigenvalue weighted by Gasteiger charge is -2.48. The molecule has 2 aliphatic carbocycles. The fourth-order valence-electron chi connectivity index (χ4n) is 3.96. The molecule has 22 heavy (non-hydrogen) atoms. The highest BCUT2D eigenvalue weighted by molar-refractivity contribution is 6.09. The van der Waals surface area contributed by atoms with Crippen LogP contribution in [0.2, 0.25) is 0 Å². The van der Waals surface area contributed by atoms with Gasteiger partial charge in [0.05, 0.1) is 6.10 Å². The van der Waals surface area contributed by atoms with Gasteiger partial charge < -0.3 is 9.52 Å². The van der Waals surface area contributed by atoms with Crippen LogP contribution in [0.5, 0.6) is 0 Å². The normalized spacial score (nSPS) is 33.5. The van der Waals surface area contributed by atoms with Crippen molar-refractivity contribution in [1.82, 2.24) is 0 Å². The zero-order valence-electron chi connectivity index (χ0n) is 13.1. The summed E-state index contributed by atoms with van der Waals surface area (Å²) < 4.78 is 5.57. The van der Waals surface area contributed by atoms with E-state index in [1.54, 1.807) is 12.2 Å². The number of furan rings is 1. The van der Waals surface area contributed by atoms with Gasteiger partial charge in [-0.1, -0.05) is 18.6 Å². The molecule has 1 heterocycles. The van der Waals surface area contributed by atoms with Gasteiger partial charge in [-0.2, -0.15) is 0 Å². The summed E-state index contributed by atoms with van der Waals surface area (Å²) in [6, 6.07) is 3.74. The minimum atomic E-state index is -0.528. The molecule has 3 atom stereocenters. The van der Waals surface area contributed by atoms with Gasteiger partial charge in [0.1, 0.15) is 11.5 Å². The SMILES string of the molecule is C=C[C@@]12C(=CC(=O)/C(=C/c3ccc(C)o3)[C@@H]1C)CCC[C@@H]2O. The standard InChI is InChI=1S/C19H22O3/c1-4-19-13(3)16(11-15-9-8-12(2)22-15)17(20)10-14(19)6-5-7-18(19)21/h4,8-11,13,18,21H,1,5-7H2,2-3H3/b16-11+/t13-,18-,19-/m0/s1. The van der Waals surface area contributed by atoms with Crippen molar-refractivity contribution in [3.63, 3.8) is 0 Å². The van der Waals surface area contributed by atoms with Crippen molar-refractivity contribution in [1.29, 1.82) is 0 Å². The summed E-state index contributed by atoms with van der Waals surface area (Å²) in [4.78, 5) is 12.5. The number of fused-ring (bicyclic) bond motifs is 1. The topological polar surface area (TPSA) is 50.4 Å². The van der Waals surface area contributed by atoms with E-state index in [4.69, 9.17) is 4.42 Å². The van der Waals surface area contributed by atoms with Crippen LogP contribution in [0, 0.1) is 18.3 Å². The number of carbonyl (C=O) groups excluding carboxylic acids is 1. The predicted octanol–water partition coefficient (Wildman–Crippen LogP) is 3.83. The fraction of sp³-hybridized carbons (Fsp3) is 0.421. The maximum absolute atomic E-state index is 12.5. The average molecular weight is 298 g/mol. The Bertz CT molecular complexity index is 677. The Hall–Kier alpha value is -1.87. The number of ketones is 1. The van der Waals surface area contributed by atoms with Crippen LogP contribution in [-0.2, 0) is 4.79 Å². The molecule has 116 valence electrons. The van der Waals surface area contributed by atoms with E-state index in [9.17, 15) is 9.90 Å². The van der Waals surface area contributed by atoms with Crippen molar-refractivity contribution in [2.45, 2.75) is 39.2 Å². The van der Waals surface area contributed by atoms with Crippen LogP contribution in [0.25, 0.3) is 6.08 Å². The number of hydrogen-bond donors (Lipinski definition) is 1. The second-order valence-electron chi connectivity index (χ2n) is 6.35. The number of hydrogen-bond acceptors (Lipinski definition) is 3. The fourth-order valence-corrected chi connectivity index (χ4v) is 3.96. The van der Waals surface area contributed by atoms with E-state index in [-0.39, 0.29) is 11.7 Å². The van der Waals surface area contributed by atoms with Crippen molar-refractivity contribution in [2.24, 2.45) is 11.3 Å². The molecule has 0 saturated heterocycles. The molecule has 1 fully saturated rings. The smallest absolute Gasteiger partial charge is 0.182 e. The molecule has 3 rings (SSSR count). The molecule has 1 aromatic rings. The van der Waals surface area contributed by atoms with Gasteiger partial charge in [-0.25, -0.2) is 0 Å². The second kappa shape index (κ2) is 5.40. The van der Waals surface area contributed by atoms with Gasteiger partial charge in [-0.3, -0.25) is 4.79 Å². The molecule has 0 bridgehead atoms. The van der Waals surface area contributed by atoms with Crippen LogP contribution >= 0.6 is 0 Å². The molecule has 0 spiro atoms. The molecule has 3 nitrogen and oxygen atoms in total. The summed E-state index contributed by atoms with van der Waals surface area (Å²) in [7, 11) is 0. The van der Waals surface area contributed by atoms with Gasteiger partial charge in [0, 0.05) is 16.9 Å². The molecule has 0 radical (unpaired) electrons. The summed E-state index contributed by atoms with van der Waals surface area (Å²) in [5, 5.41) is 10.6. The third-order valence-electron chi connectivity index (χ3n) is 5.20. The van der Waals surface area contributed by atoms with Crippen molar-refractivity contribution in [3.05, 3.63) is 53.5 Å². The first kappa shape index (κ1) is 15.0. The zero-order valence-corrected chi connectivity index (χ0v) is 13.1. The Balaban J connectivity index is 2.11. The monoisotopic (exact) mass is 298 g/mol. The minimum Gasteiger partial charge on any atom is -0.462 e. The van der Waals surface area contributed by atoms with E-state index in [1.807, 2.05) is 32.1 Å². The van der Waals surface area contributed by atoms with Gasteiger partial charge in [0.2, 0.25) is 0 Å². The van der Waals surface area contributed by atoms with E-state index in [0.717, 1.165) is 30.6 Å². The summed E-state index contributed by atoms with van der Waals surface area (Å²) in [6.07, 6.45) is 7.36. The molecule has 0 amide bonds. The molecular formula is C19H22O3. The molecule has 3 heteroatoms. The first-order valence-corrected chi connectivity index (χ1v) is 7.84. The Morgan fingerprint density at radius 2 is 2.23 bits per heavy atom. The van der Waals surface area contributed by atoms with Crippen molar-refractivity contribution in [3.8, 4) is 0 Å². The third kappa shape index (κ3) is 2.12. The summed E-state index contributed by atoms with van der Waals surface area (Å²) >= 11 is 0. The van der Waals surface area contributed by atoms with Crippen LogP contribution in [0.3, 0.4) is 0 Å². The molecule has 1 saturated carbocycles. The number of aryl methyl sites for hydroxylation is 1. The highest BCUT2D eigenvalue weighted by Gasteiger charge is 2.49. The molecule has 2 aliphatic rings. The maximum atomic E-state index is 12.5. The Kier molecular flexibility index (Phi) is 3.69. The average Bonchev–Trinajstić information content (AvgIpc) is 2.89. The summed E-state index contributed by atoms with van der Waals surface area (Å²) in [6.45, 7) is 7.85. The van der Waals surface area contributed by atoms with Gasteiger partial charge in [-0.05, 0) is 50.5 Å². The first-order valence-electron chi connectivity index (χ1n) is 7.84. The number of rotatable bonds is 2. The van der Waals surface area contributed by atoms with Crippen molar-refractivity contribution < 1.29 is 14.3 Å².